The molecule has 148 valence electrons. The van der Waals surface area contributed by atoms with Gasteiger partial charge in [0.1, 0.15) is 6.61 Å². The molecular formula is C22H25NO5. The Morgan fingerprint density at radius 2 is 1.54 bits per heavy atom. The third-order valence-corrected chi connectivity index (χ3v) is 4.84. The Hall–Kier alpha value is -2.86. The maximum Gasteiger partial charge on any atom is 0.407 e. The smallest absolute Gasteiger partial charge is 0.407 e. The molecule has 2 aromatic carbocycles. The van der Waals surface area contributed by atoms with Crippen LogP contribution >= 0.6 is 0 Å². The Kier molecular flexibility index (Phi) is 5.99. The molecule has 0 aliphatic heterocycles. The summed E-state index contributed by atoms with van der Waals surface area (Å²) in [6, 6.07) is 14.9. The molecule has 0 aromatic heterocycles. The zero-order valence-corrected chi connectivity index (χ0v) is 16.2. The van der Waals surface area contributed by atoms with Crippen molar-refractivity contribution >= 4 is 12.1 Å². The zero-order chi connectivity index (χ0) is 20.3. The summed E-state index contributed by atoms with van der Waals surface area (Å²) < 4.78 is 10.9. The maximum atomic E-state index is 12.3. The lowest BCUT2D eigenvalue weighted by molar-refractivity contribution is -0.144. The fourth-order valence-electron chi connectivity index (χ4n) is 3.65. The first-order chi connectivity index (χ1) is 13.4. The van der Waals surface area contributed by atoms with Crippen LogP contribution in [-0.2, 0) is 14.3 Å². The van der Waals surface area contributed by atoms with Crippen LogP contribution in [0.3, 0.4) is 0 Å². The average Bonchev–Trinajstić information content (AvgIpc) is 2.97. The summed E-state index contributed by atoms with van der Waals surface area (Å²) in [4.78, 5) is 23.8. The summed E-state index contributed by atoms with van der Waals surface area (Å²) in [5.41, 5.74) is 4.47. The molecule has 0 bridgehead atoms. The quantitative estimate of drug-likeness (QED) is 0.760. The minimum Gasteiger partial charge on any atom is -0.480 e. The van der Waals surface area contributed by atoms with Gasteiger partial charge >= 0.3 is 12.1 Å². The van der Waals surface area contributed by atoms with Crippen LogP contribution in [0.1, 0.15) is 37.8 Å². The second kappa shape index (κ2) is 8.44. The second-order valence-corrected chi connectivity index (χ2v) is 7.18. The summed E-state index contributed by atoms with van der Waals surface area (Å²) in [7, 11) is 0. The summed E-state index contributed by atoms with van der Waals surface area (Å²) in [6.07, 6.45) is -1.60. The molecule has 0 unspecified atom stereocenters. The van der Waals surface area contributed by atoms with E-state index in [9.17, 15) is 14.7 Å². The van der Waals surface area contributed by atoms with E-state index in [0.717, 1.165) is 22.3 Å². The number of carbonyl (C=O) groups is 2. The highest BCUT2D eigenvalue weighted by Gasteiger charge is 2.31. The molecule has 0 saturated heterocycles. The molecule has 1 aliphatic carbocycles. The first-order valence-corrected chi connectivity index (χ1v) is 9.38. The van der Waals surface area contributed by atoms with Crippen molar-refractivity contribution in [3.05, 3.63) is 59.7 Å². The van der Waals surface area contributed by atoms with E-state index >= 15 is 0 Å². The molecule has 2 atom stereocenters. The number of carbonyl (C=O) groups excluding carboxylic acids is 1. The standard InChI is InChI=1S/C22H25NO5/c1-13(2)28-14(3)20(21(24)25)23-22(26)27-12-19-17-10-6-4-8-15(17)16-9-5-7-11-18(16)19/h4-11,13-14,19-20H,12H2,1-3H3,(H,23,26)(H,24,25)/t14-,20-/m0/s1. The largest absolute Gasteiger partial charge is 0.480 e. The predicted molar refractivity (Wildman–Crippen MR) is 105 cm³/mol. The number of nitrogens with one attached hydrogen (secondary N) is 1. The third-order valence-electron chi connectivity index (χ3n) is 4.84. The third kappa shape index (κ3) is 4.17. The van der Waals surface area contributed by atoms with Crippen molar-refractivity contribution in [2.45, 2.75) is 44.9 Å². The van der Waals surface area contributed by atoms with Gasteiger partial charge in [-0.3, -0.25) is 0 Å². The van der Waals surface area contributed by atoms with Gasteiger partial charge < -0.3 is 19.9 Å². The molecule has 3 rings (SSSR count). The summed E-state index contributed by atoms with van der Waals surface area (Å²) in [5.74, 6) is -1.24. The highest BCUT2D eigenvalue weighted by atomic mass is 16.6. The van der Waals surface area contributed by atoms with E-state index in [4.69, 9.17) is 9.47 Å². The van der Waals surface area contributed by atoms with E-state index < -0.39 is 24.2 Å². The topological polar surface area (TPSA) is 84.9 Å². The van der Waals surface area contributed by atoms with Crippen molar-refractivity contribution in [1.29, 1.82) is 0 Å². The average molecular weight is 383 g/mol. The van der Waals surface area contributed by atoms with Crippen LogP contribution in [0.4, 0.5) is 4.79 Å². The van der Waals surface area contributed by atoms with Crippen LogP contribution in [0.5, 0.6) is 0 Å². The van der Waals surface area contributed by atoms with Crippen molar-refractivity contribution < 1.29 is 24.2 Å². The first kappa shape index (κ1) is 19.9. The first-order valence-electron chi connectivity index (χ1n) is 9.38. The van der Waals surface area contributed by atoms with Crippen LogP contribution in [0.2, 0.25) is 0 Å². The zero-order valence-electron chi connectivity index (χ0n) is 16.2. The number of ether oxygens (including phenoxy) is 2. The maximum absolute atomic E-state index is 12.3. The molecule has 6 heteroatoms. The van der Waals surface area contributed by atoms with Crippen LogP contribution in [-0.4, -0.2) is 42.0 Å². The molecule has 0 fully saturated rings. The molecule has 28 heavy (non-hydrogen) atoms. The van der Waals surface area contributed by atoms with E-state index in [2.05, 4.69) is 17.4 Å². The van der Waals surface area contributed by atoms with Crippen LogP contribution < -0.4 is 5.32 Å². The van der Waals surface area contributed by atoms with E-state index in [-0.39, 0.29) is 18.6 Å². The molecule has 1 amide bonds. The van der Waals surface area contributed by atoms with Crippen molar-refractivity contribution in [2.24, 2.45) is 0 Å². The van der Waals surface area contributed by atoms with Gasteiger partial charge in [0, 0.05) is 5.92 Å². The van der Waals surface area contributed by atoms with Gasteiger partial charge in [-0.2, -0.15) is 0 Å². The summed E-state index contributed by atoms with van der Waals surface area (Å²) in [6.45, 7) is 5.36. The second-order valence-electron chi connectivity index (χ2n) is 7.18. The summed E-state index contributed by atoms with van der Waals surface area (Å²) >= 11 is 0. The van der Waals surface area contributed by atoms with Gasteiger partial charge in [-0.25, -0.2) is 9.59 Å². The number of carboxylic acids is 1. The van der Waals surface area contributed by atoms with Gasteiger partial charge in [0.05, 0.1) is 12.2 Å². The van der Waals surface area contributed by atoms with E-state index in [1.807, 2.05) is 50.2 Å². The predicted octanol–water partition coefficient (Wildman–Crippen LogP) is 3.79. The van der Waals surface area contributed by atoms with Crippen LogP contribution in [0.25, 0.3) is 11.1 Å². The number of aliphatic carboxylic acids is 1. The van der Waals surface area contributed by atoms with E-state index in [1.54, 1.807) is 6.92 Å². The molecule has 0 saturated carbocycles. The number of alkyl carbamates (subject to hydrolysis) is 1. The number of rotatable bonds is 7. The van der Waals surface area contributed by atoms with E-state index in [1.165, 1.54) is 0 Å². The monoisotopic (exact) mass is 383 g/mol. The Balaban J connectivity index is 1.68. The van der Waals surface area contributed by atoms with Crippen molar-refractivity contribution in [3.63, 3.8) is 0 Å². The fraction of sp³-hybridized carbons (Fsp3) is 0.364. The lowest BCUT2D eigenvalue weighted by Gasteiger charge is -2.23. The molecule has 2 N–H and O–H groups in total. The van der Waals surface area contributed by atoms with Gasteiger partial charge in [0.15, 0.2) is 6.04 Å². The molecule has 2 aromatic rings. The minimum atomic E-state index is -1.18. The van der Waals surface area contributed by atoms with Gasteiger partial charge in [0.2, 0.25) is 0 Å². The number of amides is 1. The van der Waals surface area contributed by atoms with Gasteiger partial charge in [-0.05, 0) is 43.0 Å². The van der Waals surface area contributed by atoms with Crippen molar-refractivity contribution in [3.8, 4) is 11.1 Å². The molecule has 0 spiro atoms. The van der Waals surface area contributed by atoms with Gasteiger partial charge in [0.25, 0.3) is 0 Å². The van der Waals surface area contributed by atoms with Crippen LogP contribution in [0.15, 0.2) is 48.5 Å². The lowest BCUT2D eigenvalue weighted by atomic mass is 9.98. The van der Waals surface area contributed by atoms with Gasteiger partial charge in [-0.1, -0.05) is 48.5 Å². The molecule has 0 radical (unpaired) electrons. The highest BCUT2D eigenvalue weighted by molar-refractivity contribution is 5.81. The highest BCUT2D eigenvalue weighted by Crippen LogP contribution is 2.44. The molecule has 0 heterocycles. The SMILES string of the molecule is CC(C)O[C@@H](C)[C@H](NC(=O)OCC1c2ccccc2-c2ccccc21)C(=O)O. The Bertz CT molecular complexity index is 818. The number of fused-ring (bicyclic) bond motifs is 3. The Morgan fingerprint density at radius 3 is 2.04 bits per heavy atom. The Labute approximate surface area is 164 Å². The molecular weight excluding hydrogens is 358 g/mol. The van der Waals surface area contributed by atoms with Crippen LogP contribution in [0, 0.1) is 0 Å². The Morgan fingerprint density at radius 1 is 1.00 bits per heavy atom. The number of carboxylic acid groups (broad SMARTS) is 1. The molecule has 1 aliphatic rings. The normalized spacial score (nSPS) is 14.9. The van der Waals surface area contributed by atoms with Crippen molar-refractivity contribution in [2.75, 3.05) is 6.61 Å². The molecule has 6 nitrogen and oxygen atoms in total. The summed E-state index contributed by atoms with van der Waals surface area (Å²) in [5, 5.41) is 11.8. The van der Waals surface area contributed by atoms with Crippen molar-refractivity contribution in [1.82, 2.24) is 5.32 Å². The minimum absolute atomic E-state index is 0.0780. The lowest BCUT2D eigenvalue weighted by Crippen LogP contribution is -2.49. The number of hydrogen-bond donors (Lipinski definition) is 2. The van der Waals surface area contributed by atoms with E-state index in [0.29, 0.717) is 0 Å². The number of benzene rings is 2. The van der Waals surface area contributed by atoms with Gasteiger partial charge in [-0.15, -0.1) is 0 Å². The number of hydrogen-bond acceptors (Lipinski definition) is 4. The fourth-order valence-corrected chi connectivity index (χ4v) is 3.65.